The number of morpholine rings is 1. The van der Waals surface area contributed by atoms with E-state index in [1.807, 2.05) is 32.9 Å². The number of carbonyl (C=O) groups is 1. The van der Waals surface area contributed by atoms with Crippen LogP contribution in [0, 0.1) is 0 Å². The summed E-state index contributed by atoms with van der Waals surface area (Å²) in [5.74, 6) is 0.538. The van der Waals surface area contributed by atoms with Crippen LogP contribution in [0.5, 0.6) is 5.75 Å². The smallest absolute Gasteiger partial charge is 0.258 e. The fourth-order valence-electron chi connectivity index (χ4n) is 2.71. The van der Waals surface area contributed by atoms with Gasteiger partial charge in [0.25, 0.3) is 5.91 Å². The average molecular weight is 384 g/mol. The summed E-state index contributed by atoms with van der Waals surface area (Å²) in [5, 5.41) is 6.96. The Balaban J connectivity index is 1.81. The van der Waals surface area contributed by atoms with Crippen molar-refractivity contribution < 1.29 is 14.3 Å². The van der Waals surface area contributed by atoms with Gasteiger partial charge in [0, 0.05) is 48.8 Å². The van der Waals surface area contributed by atoms with Crippen LogP contribution in [0.25, 0.3) is 0 Å². The molecule has 26 heavy (non-hydrogen) atoms. The molecule has 2 N–H and O–H groups in total. The maximum atomic E-state index is 12.0. The molecular weight excluding hydrogens is 354 g/mol. The second kappa shape index (κ2) is 10.1. The highest BCUT2D eigenvalue weighted by atomic mass is 35.5. The molecule has 1 aromatic rings. The summed E-state index contributed by atoms with van der Waals surface area (Å²) in [5.41, 5.74) is 0.674. The van der Waals surface area contributed by atoms with Crippen LogP contribution in [0.3, 0.4) is 0 Å². The number of rotatable bonds is 8. The van der Waals surface area contributed by atoms with Gasteiger partial charge in [-0.05, 0) is 39.0 Å². The summed E-state index contributed by atoms with van der Waals surface area (Å²) < 4.78 is 11.1. The van der Waals surface area contributed by atoms with Crippen LogP contribution in [0.2, 0.25) is 5.02 Å². The number of amides is 1. The molecule has 0 atom stereocenters. The maximum Gasteiger partial charge on any atom is 0.258 e. The highest BCUT2D eigenvalue weighted by Gasteiger charge is 2.15. The molecule has 7 heteroatoms. The summed E-state index contributed by atoms with van der Waals surface area (Å²) >= 11 is 6.12. The Morgan fingerprint density at radius 1 is 1.31 bits per heavy atom. The summed E-state index contributed by atoms with van der Waals surface area (Å²) in [6.45, 7) is 11.9. The molecule has 0 aromatic heterocycles. The molecule has 2 rings (SSSR count). The predicted molar refractivity (Wildman–Crippen MR) is 104 cm³/mol. The van der Waals surface area contributed by atoms with Gasteiger partial charge in [-0.15, -0.1) is 0 Å². The van der Waals surface area contributed by atoms with E-state index in [1.165, 1.54) is 0 Å². The van der Waals surface area contributed by atoms with E-state index in [9.17, 15) is 4.79 Å². The fraction of sp³-hybridized carbons (Fsp3) is 0.632. The second-order valence-corrected chi connectivity index (χ2v) is 7.91. The highest BCUT2D eigenvalue weighted by molar-refractivity contribution is 6.30. The van der Waals surface area contributed by atoms with Crippen molar-refractivity contribution in [3.05, 3.63) is 28.8 Å². The van der Waals surface area contributed by atoms with Gasteiger partial charge in [-0.1, -0.05) is 11.6 Å². The molecule has 0 spiro atoms. The summed E-state index contributed by atoms with van der Waals surface area (Å²) in [6.07, 6.45) is 0. The van der Waals surface area contributed by atoms with E-state index in [-0.39, 0.29) is 18.1 Å². The Bertz CT molecular complexity index is 584. The van der Waals surface area contributed by atoms with Crippen molar-refractivity contribution in [1.29, 1.82) is 0 Å². The lowest BCUT2D eigenvalue weighted by Gasteiger charge is -2.26. The SMILES string of the molecule is CC(C)(C)NC(=O)COc1ccc(Cl)cc1CNCCN1CCOCC1. The molecule has 0 bridgehead atoms. The lowest BCUT2D eigenvalue weighted by atomic mass is 10.1. The summed E-state index contributed by atoms with van der Waals surface area (Å²) in [6, 6.07) is 5.46. The normalized spacial score (nSPS) is 15.7. The fourth-order valence-corrected chi connectivity index (χ4v) is 2.90. The third-order valence-corrected chi connectivity index (χ3v) is 4.15. The van der Waals surface area contributed by atoms with Gasteiger partial charge in [0.1, 0.15) is 5.75 Å². The lowest BCUT2D eigenvalue weighted by molar-refractivity contribution is -0.124. The number of hydrogen-bond acceptors (Lipinski definition) is 5. The van der Waals surface area contributed by atoms with Gasteiger partial charge in [0.05, 0.1) is 13.2 Å². The number of carbonyl (C=O) groups excluding carboxylic acids is 1. The van der Waals surface area contributed by atoms with Crippen LogP contribution >= 0.6 is 11.6 Å². The van der Waals surface area contributed by atoms with Gasteiger partial charge >= 0.3 is 0 Å². The van der Waals surface area contributed by atoms with Crippen LogP contribution < -0.4 is 15.4 Å². The van der Waals surface area contributed by atoms with Crippen molar-refractivity contribution in [2.45, 2.75) is 32.9 Å². The number of hydrogen-bond donors (Lipinski definition) is 2. The van der Waals surface area contributed by atoms with Crippen LogP contribution in [0.4, 0.5) is 0 Å². The number of benzene rings is 1. The van der Waals surface area contributed by atoms with Gasteiger partial charge in [-0.2, -0.15) is 0 Å². The van der Waals surface area contributed by atoms with Gasteiger partial charge < -0.3 is 20.1 Å². The molecule has 146 valence electrons. The first-order valence-corrected chi connectivity index (χ1v) is 9.44. The average Bonchev–Trinajstić information content (AvgIpc) is 2.57. The molecule has 6 nitrogen and oxygen atoms in total. The number of ether oxygens (including phenoxy) is 2. The third kappa shape index (κ3) is 7.91. The Morgan fingerprint density at radius 2 is 2.04 bits per heavy atom. The van der Waals surface area contributed by atoms with Crippen molar-refractivity contribution in [1.82, 2.24) is 15.5 Å². The van der Waals surface area contributed by atoms with Crippen molar-refractivity contribution in [3.8, 4) is 5.75 Å². The minimum atomic E-state index is -0.273. The zero-order valence-electron chi connectivity index (χ0n) is 15.9. The molecule has 1 aliphatic heterocycles. The van der Waals surface area contributed by atoms with Crippen LogP contribution in [0.1, 0.15) is 26.3 Å². The molecule has 1 saturated heterocycles. The van der Waals surface area contributed by atoms with Crippen molar-refractivity contribution in [2.75, 3.05) is 46.0 Å². The first kappa shape index (κ1) is 21.0. The largest absolute Gasteiger partial charge is 0.483 e. The summed E-state index contributed by atoms with van der Waals surface area (Å²) in [7, 11) is 0. The molecule has 1 aromatic carbocycles. The van der Waals surface area contributed by atoms with E-state index >= 15 is 0 Å². The van der Waals surface area contributed by atoms with Gasteiger partial charge in [0.15, 0.2) is 6.61 Å². The van der Waals surface area contributed by atoms with Crippen molar-refractivity contribution in [2.24, 2.45) is 0 Å². The molecule has 0 radical (unpaired) electrons. The first-order chi connectivity index (χ1) is 12.3. The monoisotopic (exact) mass is 383 g/mol. The quantitative estimate of drug-likeness (QED) is 0.673. The highest BCUT2D eigenvalue weighted by Crippen LogP contribution is 2.23. The standard InChI is InChI=1S/C19H30ClN3O3/c1-19(2,3)22-18(24)14-26-17-5-4-16(20)12-15(17)13-21-6-7-23-8-10-25-11-9-23/h4-5,12,21H,6-11,13-14H2,1-3H3,(H,22,24). The topological polar surface area (TPSA) is 62.8 Å². The number of nitrogens with zero attached hydrogens (tertiary/aromatic N) is 1. The van der Waals surface area contributed by atoms with Crippen LogP contribution in [-0.4, -0.2) is 62.3 Å². The van der Waals surface area contributed by atoms with Crippen LogP contribution in [-0.2, 0) is 16.1 Å². The lowest BCUT2D eigenvalue weighted by Crippen LogP contribution is -2.43. The molecule has 0 saturated carbocycles. The van der Waals surface area contributed by atoms with E-state index in [4.69, 9.17) is 21.1 Å². The van der Waals surface area contributed by atoms with E-state index in [1.54, 1.807) is 6.07 Å². The Kier molecular flexibility index (Phi) is 8.15. The van der Waals surface area contributed by atoms with E-state index in [0.717, 1.165) is 45.0 Å². The van der Waals surface area contributed by atoms with Crippen LogP contribution in [0.15, 0.2) is 18.2 Å². The third-order valence-electron chi connectivity index (χ3n) is 3.92. The Morgan fingerprint density at radius 3 is 2.73 bits per heavy atom. The number of halogens is 1. The van der Waals surface area contributed by atoms with E-state index in [0.29, 0.717) is 17.3 Å². The summed E-state index contributed by atoms with van der Waals surface area (Å²) in [4.78, 5) is 14.3. The van der Waals surface area contributed by atoms with Gasteiger partial charge in [-0.25, -0.2) is 0 Å². The first-order valence-electron chi connectivity index (χ1n) is 9.06. The Labute approximate surface area is 161 Å². The zero-order chi connectivity index (χ0) is 19.0. The Hall–Kier alpha value is -1.34. The van der Waals surface area contributed by atoms with Crippen molar-refractivity contribution >= 4 is 17.5 Å². The molecule has 0 unspecified atom stereocenters. The molecule has 0 aliphatic carbocycles. The van der Waals surface area contributed by atoms with Crippen molar-refractivity contribution in [3.63, 3.8) is 0 Å². The minimum absolute atomic E-state index is 0.0142. The van der Waals surface area contributed by atoms with Gasteiger partial charge in [0.2, 0.25) is 0 Å². The molecule has 1 fully saturated rings. The zero-order valence-corrected chi connectivity index (χ0v) is 16.7. The van der Waals surface area contributed by atoms with E-state index < -0.39 is 0 Å². The number of nitrogens with one attached hydrogen (secondary N) is 2. The maximum absolute atomic E-state index is 12.0. The predicted octanol–water partition coefficient (Wildman–Crippen LogP) is 2.06. The molecule has 1 heterocycles. The minimum Gasteiger partial charge on any atom is -0.483 e. The van der Waals surface area contributed by atoms with Gasteiger partial charge in [-0.3, -0.25) is 9.69 Å². The second-order valence-electron chi connectivity index (χ2n) is 7.47. The van der Waals surface area contributed by atoms with E-state index in [2.05, 4.69) is 15.5 Å². The molecule has 1 aliphatic rings. The molecule has 1 amide bonds. The molecular formula is C19H30ClN3O3.